The minimum atomic E-state index is -1.05. The van der Waals surface area contributed by atoms with E-state index in [9.17, 15) is 4.79 Å². The molecule has 0 saturated heterocycles. The smallest absolute Gasteiger partial charge is 0.306 e. The van der Waals surface area contributed by atoms with E-state index in [1.54, 1.807) is 0 Å². The van der Waals surface area contributed by atoms with Crippen molar-refractivity contribution in [1.82, 2.24) is 0 Å². The van der Waals surface area contributed by atoms with Crippen LogP contribution in [0.15, 0.2) is 0 Å². The van der Waals surface area contributed by atoms with Crippen LogP contribution < -0.4 is 0 Å². The minimum absolute atomic E-state index is 0.0664. The van der Waals surface area contributed by atoms with Crippen LogP contribution in [0, 0.1) is 0 Å². The molecular formula is C17H36O2SSi. The summed E-state index contributed by atoms with van der Waals surface area (Å²) in [5.74, 6) is -0.0664. The van der Waals surface area contributed by atoms with Crippen LogP contribution in [-0.4, -0.2) is 25.9 Å². The van der Waals surface area contributed by atoms with E-state index in [1.165, 1.54) is 37.0 Å². The number of esters is 1. The molecule has 0 N–H and O–H groups in total. The predicted molar refractivity (Wildman–Crippen MR) is 99.1 cm³/mol. The summed E-state index contributed by atoms with van der Waals surface area (Å²) in [7, 11) is -1.05. The van der Waals surface area contributed by atoms with E-state index in [0.717, 1.165) is 19.3 Å². The van der Waals surface area contributed by atoms with Gasteiger partial charge in [-0.15, -0.1) is 0 Å². The quantitative estimate of drug-likeness (QED) is 0.203. The Morgan fingerprint density at radius 1 is 1.05 bits per heavy atom. The van der Waals surface area contributed by atoms with E-state index in [2.05, 4.69) is 40.3 Å². The third kappa shape index (κ3) is 9.62. The molecule has 1 atom stereocenters. The van der Waals surface area contributed by atoms with Crippen molar-refractivity contribution in [2.45, 2.75) is 95.6 Å². The first-order chi connectivity index (χ1) is 10.0. The highest BCUT2D eigenvalue weighted by Gasteiger charge is 2.25. The predicted octanol–water partition coefficient (Wildman–Crippen LogP) is 5.70. The van der Waals surface area contributed by atoms with Crippen molar-refractivity contribution < 1.29 is 9.53 Å². The summed E-state index contributed by atoms with van der Waals surface area (Å²) in [6, 6.07) is 5.35. The Morgan fingerprint density at radius 3 is 2.19 bits per heavy atom. The van der Waals surface area contributed by atoms with E-state index < -0.39 is 8.07 Å². The van der Waals surface area contributed by atoms with Gasteiger partial charge in [0.2, 0.25) is 0 Å². The molecule has 0 spiro atoms. The molecule has 0 aliphatic heterocycles. The maximum absolute atomic E-state index is 11.8. The van der Waals surface area contributed by atoms with Gasteiger partial charge in [0.05, 0.1) is 21.1 Å². The molecule has 0 fully saturated rings. The third-order valence-corrected chi connectivity index (χ3v) is 11.3. The molecule has 0 aliphatic carbocycles. The van der Waals surface area contributed by atoms with Crippen LogP contribution in [0.2, 0.25) is 24.2 Å². The van der Waals surface area contributed by atoms with Crippen molar-refractivity contribution in [3.05, 3.63) is 0 Å². The molecule has 0 amide bonds. The molecule has 126 valence electrons. The van der Waals surface area contributed by atoms with Crippen LogP contribution >= 0.6 is 12.6 Å². The second-order valence-electron chi connectivity index (χ2n) is 6.24. The first-order valence-corrected chi connectivity index (χ1v) is 12.2. The van der Waals surface area contributed by atoms with Crippen LogP contribution in [0.1, 0.15) is 66.2 Å². The molecule has 0 heterocycles. The Hall–Kier alpha value is 0.0369. The van der Waals surface area contributed by atoms with E-state index in [-0.39, 0.29) is 11.2 Å². The third-order valence-electron chi connectivity index (χ3n) is 4.91. The zero-order valence-corrected chi connectivity index (χ0v) is 16.5. The topological polar surface area (TPSA) is 26.3 Å². The van der Waals surface area contributed by atoms with Crippen molar-refractivity contribution in [2.24, 2.45) is 0 Å². The average Bonchev–Trinajstić information content (AvgIpc) is 2.48. The number of hydrogen-bond donors (Lipinski definition) is 1. The van der Waals surface area contributed by atoms with Crippen molar-refractivity contribution in [3.63, 3.8) is 0 Å². The van der Waals surface area contributed by atoms with Gasteiger partial charge in [-0.05, 0) is 12.8 Å². The lowest BCUT2D eigenvalue weighted by Gasteiger charge is -2.27. The van der Waals surface area contributed by atoms with Gasteiger partial charge in [0.1, 0.15) is 0 Å². The number of ether oxygens (including phenoxy) is 1. The molecule has 0 aromatic heterocycles. The van der Waals surface area contributed by atoms with E-state index in [0.29, 0.717) is 13.0 Å². The van der Waals surface area contributed by atoms with Gasteiger partial charge in [-0.25, -0.2) is 0 Å². The molecule has 0 aromatic carbocycles. The summed E-state index contributed by atoms with van der Waals surface area (Å²) < 4.78 is 5.38. The summed E-state index contributed by atoms with van der Waals surface area (Å²) in [6.07, 6.45) is 6.12. The summed E-state index contributed by atoms with van der Waals surface area (Å²) in [5, 5.41) is 0.166. The molecule has 0 bridgehead atoms. The van der Waals surface area contributed by atoms with Gasteiger partial charge < -0.3 is 4.74 Å². The van der Waals surface area contributed by atoms with Crippen LogP contribution in [-0.2, 0) is 9.53 Å². The number of hydrogen-bond acceptors (Lipinski definition) is 3. The van der Waals surface area contributed by atoms with Crippen LogP contribution in [0.25, 0.3) is 0 Å². The van der Waals surface area contributed by atoms with Gasteiger partial charge in [-0.2, -0.15) is 12.6 Å². The van der Waals surface area contributed by atoms with Crippen molar-refractivity contribution in [3.8, 4) is 0 Å². The molecular weight excluding hydrogens is 296 g/mol. The zero-order valence-electron chi connectivity index (χ0n) is 14.6. The highest BCUT2D eigenvalue weighted by atomic mass is 32.1. The van der Waals surface area contributed by atoms with Crippen molar-refractivity contribution in [2.75, 3.05) is 6.61 Å². The fourth-order valence-electron chi connectivity index (χ4n) is 2.90. The Bertz CT molecular complexity index is 259. The van der Waals surface area contributed by atoms with Gasteiger partial charge in [0.15, 0.2) is 0 Å². The van der Waals surface area contributed by atoms with Crippen LogP contribution in [0.5, 0.6) is 0 Å². The fourth-order valence-corrected chi connectivity index (χ4v) is 6.68. The standard InChI is InChI=1S/C17H36O2SSi/c1-5-9-10-12-16(20)15-17(18)19-13-11-14-21(6-2,7-3)8-4/h16,20H,5-15H2,1-4H3. The number of carbonyl (C=O) groups excluding carboxylic acids is 1. The highest BCUT2D eigenvalue weighted by Crippen LogP contribution is 2.26. The molecule has 1 unspecified atom stereocenters. The molecule has 4 heteroatoms. The van der Waals surface area contributed by atoms with E-state index in [4.69, 9.17) is 4.74 Å². The summed E-state index contributed by atoms with van der Waals surface area (Å²) >= 11 is 4.48. The Balaban J connectivity index is 3.79. The maximum atomic E-state index is 11.8. The monoisotopic (exact) mass is 332 g/mol. The van der Waals surface area contributed by atoms with Crippen LogP contribution in [0.3, 0.4) is 0 Å². The Kier molecular flexibility index (Phi) is 12.6. The van der Waals surface area contributed by atoms with E-state index in [1.807, 2.05) is 0 Å². The summed E-state index contributed by atoms with van der Waals surface area (Å²) in [6.45, 7) is 9.77. The normalized spacial score (nSPS) is 13.2. The Labute approximate surface area is 138 Å². The Morgan fingerprint density at radius 2 is 1.67 bits per heavy atom. The van der Waals surface area contributed by atoms with Crippen molar-refractivity contribution >= 4 is 26.7 Å². The van der Waals surface area contributed by atoms with Gasteiger partial charge >= 0.3 is 5.97 Å². The second-order valence-corrected chi connectivity index (χ2v) is 12.6. The van der Waals surface area contributed by atoms with Gasteiger partial charge in [0.25, 0.3) is 0 Å². The van der Waals surface area contributed by atoms with Gasteiger partial charge in [-0.3, -0.25) is 4.79 Å². The molecule has 0 aliphatic rings. The average molecular weight is 333 g/mol. The lowest BCUT2D eigenvalue weighted by atomic mass is 10.1. The molecule has 0 radical (unpaired) electrons. The van der Waals surface area contributed by atoms with Crippen LogP contribution in [0.4, 0.5) is 0 Å². The molecule has 0 aromatic rings. The molecule has 0 saturated carbocycles. The van der Waals surface area contributed by atoms with Crippen molar-refractivity contribution in [1.29, 1.82) is 0 Å². The molecule has 21 heavy (non-hydrogen) atoms. The minimum Gasteiger partial charge on any atom is -0.466 e. The first kappa shape index (κ1) is 21.0. The number of unbranched alkanes of at least 4 members (excludes halogenated alkanes) is 2. The number of thiol groups is 1. The fraction of sp³-hybridized carbons (Fsp3) is 0.941. The second kappa shape index (κ2) is 12.6. The maximum Gasteiger partial charge on any atom is 0.306 e. The van der Waals surface area contributed by atoms with Gasteiger partial charge in [-0.1, -0.05) is 71.1 Å². The summed E-state index contributed by atoms with van der Waals surface area (Å²) in [4.78, 5) is 11.8. The zero-order chi connectivity index (χ0) is 16.1. The molecule has 0 rings (SSSR count). The number of carbonyl (C=O) groups is 1. The summed E-state index contributed by atoms with van der Waals surface area (Å²) in [5.41, 5.74) is 0. The lowest BCUT2D eigenvalue weighted by molar-refractivity contribution is -0.143. The SMILES string of the molecule is CCCCCC(S)CC(=O)OCCC[Si](CC)(CC)CC. The molecule has 2 nitrogen and oxygen atoms in total. The first-order valence-electron chi connectivity index (χ1n) is 8.87. The highest BCUT2D eigenvalue weighted by molar-refractivity contribution is 7.81. The largest absolute Gasteiger partial charge is 0.466 e. The van der Waals surface area contributed by atoms with E-state index >= 15 is 0 Å². The van der Waals surface area contributed by atoms with Gasteiger partial charge in [0, 0.05) is 5.25 Å². The lowest BCUT2D eigenvalue weighted by Crippen LogP contribution is -2.31. The number of rotatable bonds is 13.